The van der Waals surface area contributed by atoms with Crippen LogP contribution in [0.1, 0.15) is 36.3 Å². The van der Waals surface area contributed by atoms with Crippen molar-refractivity contribution in [1.82, 2.24) is 5.32 Å². The van der Waals surface area contributed by atoms with Gasteiger partial charge in [0.25, 0.3) is 0 Å². The predicted molar refractivity (Wildman–Crippen MR) is 61.9 cm³/mol. The van der Waals surface area contributed by atoms with E-state index in [0.717, 1.165) is 36.9 Å². The number of benzene rings is 1. The maximum atomic E-state index is 9.85. The number of hydrogen-bond donors (Lipinski definition) is 3. The van der Waals surface area contributed by atoms with E-state index in [1.54, 1.807) is 0 Å². The van der Waals surface area contributed by atoms with Crippen LogP contribution in [0.5, 0.6) is 11.5 Å². The molecule has 16 heavy (non-hydrogen) atoms. The highest BCUT2D eigenvalue weighted by Gasteiger charge is 2.32. The summed E-state index contributed by atoms with van der Waals surface area (Å²) in [4.78, 5) is 0. The van der Waals surface area contributed by atoms with Crippen LogP contribution in [0.3, 0.4) is 0 Å². The monoisotopic (exact) mass is 219 g/mol. The molecule has 2 atom stereocenters. The van der Waals surface area contributed by atoms with Crippen LogP contribution >= 0.6 is 0 Å². The van der Waals surface area contributed by atoms with Crippen molar-refractivity contribution in [3.8, 4) is 11.5 Å². The van der Waals surface area contributed by atoms with E-state index in [1.807, 2.05) is 6.07 Å². The van der Waals surface area contributed by atoms with E-state index in [1.165, 1.54) is 12.5 Å². The summed E-state index contributed by atoms with van der Waals surface area (Å²) in [7, 11) is 0. The van der Waals surface area contributed by atoms with Crippen LogP contribution in [-0.4, -0.2) is 22.8 Å². The van der Waals surface area contributed by atoms with Gasteiger partial charge in [-0.05, 0) is 55.3 Å². The first kappa shape index (κ1) is 9.97. The third-order valence-electron chi connectivity index (χ3n) is 3.93. The number of nitrogens with one attached hydrogen (secondary N) is 1. The van der Waals surface area contributed by atoms with Crippen molar-refractivity contribution in [1.29, 1.82) is 0 Å². The van der Waals surface area contributed by atoms with Gasteiger partial charge in [0, 0.05) is 12.1 Å². The van der Waals surface area contributed by atoms with E-state index in [0.29, 0.717) is 12.0 Å². The van der Waals surface area contributed by atoms with Gasteiger partial charge in [-0.2, -0.15) is 0 Å². The average Bonchev–Trinajstić information content (AvgIpc) is 2.28. The molecular formula is C13H17NO2. The third kappa shape index (κ3) is 1.47. The van der Waals surface area contributed by atoms with Gasteiger partial charge in [0.2, 0.25) is 0 Å². The summed E-state index contributed by atoms with van der Waals surface area (Å²) < 4.78 is 0. The fourth-order valence-electron chi connectivity index (χ4n) is 3.19. The minimum absolute atomic E-state index is 0.183. The summed E-state index contributed by atoms with van der Waals surface area (Å²) in [5, 5.41) is 23.0. The molecule has 1 aromatic rings. The first-order valence-corrected chi connectivity index (χ1v) is 6.04. The Morgan fingerprint density at radius 1 is 1.19 bits per heavy atom. The van der Waals surface area contributed by atoms with E-state index in [2.05, 4.69) is 5.32 Å². The Balaban J connectivity index is 2.06. The van der Waals surface area contributed by atoms with Crippen molar-refractivity contribution < 1.29 is 10.2 Å². The molecule has 0 radical (unpaired) electrons. The quantitative estimate of drug-likeness (QED) is 0.624. The lowest BCUT2D eigenvalue weighted by molar-refractivity contribution is 0.314. The number of phenolic OH excluding ortho intramolecular Hbond substituents is 2. The molecule has 0 amide bonds. The first-order valence-electron chi connectivity index (χ1n) is 6.04. The summed E-state index contributed by atoms with van der Waals surface area (Å²) in [6.07, 6.45) is 4.34. The van der Waals surface area contributed by atoms with Crippen LogP contribution < -0.4 is 5.32 Å². The summed E-state index contributed by atoms with van der Waals surface area (Å²) >= 11 is 0. The summed E-state index contributed by atoms with van der Waals surface area (Å²) in [6, 6.07) is 3.82. The Bertz CT molecular complexity index is 417. The number of fused-ring (bicyclic) bond motifs is 3. The molecule has 1 fully saturated rings. The number of aromatic hydroxyl groups is 2. The molecule has 2 aliphatic rings. The maximum Gasteiger partial charge on any atom is 0.122 e. The largest absolute Gasteiger partial charge is 0.508 e. The van der Waals surface area contributed by atoms with Gasteiger partial charge in [-0.3, -0.25) is 0 Å². The van der Waals surface area contributed by atoms with Gasteiger partial charge in [0.05, 0.1) is 0 Å². The van der Waals surface area contributed by atoms with Gasteiger partial charge in [0.1, 0.15) is 11.5 Å². The first-order chi connectivity index (χ1) is 7.75. The molecule has 1 heterocycles. The molecule has 86 valence electrons. The van der Waals surface area contributed by atoms with Crippen LogP contribution in [0.25, 0.3) is 0 Å². The molecule has 0 unspecified atom stereocenters. The number of hydrogen-bond acceptors (Lipinski definition) is 3. The molecule has 0 saturated carbocycles. The molecule has 1 aliphatic heterocycles. The molecule has 0 bridgehead atoms. The van der Waals surface area contributed by atoms with Crippen molar-refractivity contribution in [2.75, 3.05) is 6.54 Å². The highest BCUT2D eigenvalue weighted by atomic mass is 16.3. The number of piperidine rings is 1. The van der Waals surface area contributed by atoms with E-state index in [4.69, 9.17) is 0 Å². The van der Waals surface area contributed by atoms with Crippen molar-refractivity contribution in [3.05, 3.63) is 23.3 Å². The zero-order chi connectivity index (χ0) is 11.1. The maximum absolute atomic E-state index is 9.85. The number of rotatable bonds is 0. The normalized spacial score (nSPS) is 28.2. The highest BCUT2D eigenvalue weighted by Crippen LogP contribution is 2.42. The highest BCUT2D eigenvalue weighted by molar-refractivity contribution is 5.49. The molecule has 0 spiro atoms. The van der Waals surface area contributed by atoms with Gasteiger partial charge < -0.3 is 15.5 Å². The molecule has 3 N–H and O–H groups in total. The second kappa shape index (κ2) is 3.67. The lowest BCUT2D eigenvalue weighted by Crippen LogP contribution is -2.42. The minimum atomic E-state index is 0.183. The molecule has 3 rings (SSSR count). The predicted octanol–water partition coefficient (Wildman–Crippen LogP) is 1.88. The third-order valence-corrected chi connectivity index (χ3v) is 3.93. The van der Waals surface area contributed by atoms with Crippen molar-refractivity contribution in [3.63, 3.8) is 0 Å². The van der Waals surface area contributed by atoms with Crippen LogP contribution in [0.4, 0.5) is 0 Å². The fourth-order valence-corrected chi connectivity index (χ4v) is 3.19. The lowest BCUT2D eigenvalue weighted by atomic mass is 9.75. The van der Waals surface area contributed by atoms with E-state index in [-0.39, 0.29) is 11.5 Å². The van der Waals surface area contributed by atoms with Crippen LogP contribution in [0, 0.1) is 0 Å². The van der Waals surface area contributed by atoms with E-state index >= 15 is 0 Å². The van der Waals surface area contributed by atoms with Crippen molar-refractivity contribution >= 4 is 0 Å². The van der Waals surface area contributed by atoms with Gasteiger partial charge in [0.15, 0.2) is 0 Å². The lowest BCUT2D eigenvalue weighted by Gasteiger charge is -2.38. The molecule has 3 heteroatoms. The van der Waals surface area contributed by atoms with E-state index < -0.39 is 0 Å². The topological polar surface area (TPSA) is 52.5 Å². The van der Waals surface area contributed by atoms with Crippen molar-refractivity contribution in [2.24, 2.45) is 0 Å². The summed E-state index contributed by atoms with van der Waals surface area (Å²) in [5.41, 5.74) is 2.20. The number of phenols is 2. The van der Waals surface area contributed by atoms with Crippen molar-refractivity contribution in [2.45, 2.75) is 37.6 Å². The van der Waals surface area contributed by atoms with Crippen LogP contribution in [-0.2, 0) is 6.42 Å². The molecule has 1 saturated heterocycles. The minimum Gasteiger partial charge on any atom is -0.508 e. The SMILES string of the molecule is Oc1cc(O)c2c(c1)[C@@H]1CCCN[C@H]1CC2. The van der Waals surface area contributed by atoms with Gasteiger partial charge in [-0.25, -0.2) is 0 Å². The Morgan fingerprint density at radius 3 is 2.94 bits per heavy atom. The molecule has 1 aromatic carbocycles. The zero-order valence-corrected chi connectivity index (χ0v) is 9.24. The fraction of sp³-hybridized carbons (Fsp3) is 0.538. The molecule has 1 aliphatic carbocycles. The molecular weight excluding hydrogens is 202 g/mol. The smallest absolute Gasteiger partial charge is 0.122 e. The Labute approximate surface area is 95.1 Å². The van der Waals surface area contributed by atoms with Crippen LogP contribution in [0.2, 0.25) is 0 Å². The summed E-state index contributed by atoms with van der Waals surface area (Å²) in [6.45, 7) is 1.10. The second-order valence-electron chi connectivity index (χ2n) is 4.88. The average molecular weight is 219 g/mol. The van der Waals surface area contributed by atoms with Gasteiger partial charge >= 0.3 is 0 Å². The molecule has 3 nitrogen and oxygen atoms in total. The Morgan fingerprint density at radius 2 is 2.06 bits per heavy atom. The Kier molecular flexibility index (Phi) is 2.28. The van der Waals surface area contributed by atoms with E-state index in [9.17, 15) is 10.2 Å². The van der Waals surface area contributed by atoms with Gasteiger partial charge in [-0.1, -0.05) is 0 Å². The second-order valence-corrected chi connectivity index (χ2v) is 4.88. The zero-order valence-electron chi connectivity index (χ0n) is 9.24. The molecule has 0 aromatic heterocycles. The Hall–Kier alpha value is -1.22. The standard InChI is InChI=1S/C13H17NO2/c15-8-6-11-9-2-1-5-14-12(9)4-3-10(11)13(16)7-8/h6-7,9,12,14-16H,1-5H2/t9-,12-/m0/s1. The van der Waals surface area contributed by atoms with Crippen LogP contribution in [0.15, 0.2) is 12.1 Å². The summed E-state index contributed by atoms with van der Waals surface area (Å²) in [5.74, 6) is 0.914. The van der Waals surface area contributed by atoms with Gasteiger partial charge in [-0.15, -0.1) is 0 Å².